The lowest BCUT2D eigenvalue weighted by Gasteiger charge is -2.36. The molecule has 2 aromatic heterocycles. The molecule has 0 bridgehead atoms. The van der Waals surface area contributed by atoms with Gasteiger partial charge in [0, 0.05) is 17.3 Å². The molecule has 10 nitrogen and oxygen atoms in total. The van der Waals surface area contributed by atoms with Crippen LogP contribution in [0.3, 0.4) is 0 Å². The van der Waals surface area contributed by atoms with Crippen molar-refractivity contribution in [2.75, 3.05) is 26.2 Å². The number of esters is 1. The largest absolute Gasteiger partial charge is 0.519 e. The third kappa shape index (κ3) is 5.88. The number of aryl methyl sites for hydroxylation is 2. The van der Waals surface area contributed by atoms with E-state index < -0.39 is 11.8 Å². The van der Waals surface area contributed by atoms with Gasteiger partial charge in [-0.15, -0.1) is 0 Å². The van der Waals surface area contributed by atoms with Gasteiger partial charge in [-0.1, -0.05) is 60.7 Å². The van der Waals surface area contributed by atoms with Crippen molar-refractivity contribution in [3.05, 3.63) is 130 Å². The molecule has 1 saturated carbocycles. The number of aromatic nitrogens is 1. The van der Waals surface area contributed by atoms with Gasteiger partial charge in [0.2, 0.25) is 0 Å². The first kappa shape index (κ1) is 30.3. The Hall–Kier alpha value is -5.35. The third-order valence-corrected chi connectivity index (χ3v) is 9.20. The Morgan fingerprint density at radius 1 is 0.957 bits per heavy atom. The number of para-hydroxylation sites is 1. The van der Waals surface area contributed by atoms with E-state index in [0.29, 0.717) is 17.9 Å². The summed E-state index contributed by atoms with van der Waals surface area (Å²) in [6, 6.07) is 30.0. The third-order valence-electron chi connectivity index (χ3n) is 9.20. The molecule has 47 heavy (non-hydrogen) atoms. The minimum atomic E-state index is -0.838. The quantitative estimate of drug-likeness (QED) is 0.239. The van der Waals surface area contributed by atoms with Crippen LogP contribution >= 0.6 is 0 Å². The minimum absolute atomic E-state index is 0.0561. The van der Waals surface area contributed by atoms with Crippen molar-refractivity contribution in [3.8, 4) is 22.7 Å². The van der Waals surface area contributed by atoms with Gasteiger partial charge in [-0.2, -0.15) is 0 Å². The number of nitrogens with two attached hydrogens (primary N) is 1. The SMILES string of the molecule is Cc1oc(=O)oc1COC(=O)COc1ccc(C2CC23C[NH2+]CCN3C(=O)c2cc(C)n(-c3ccccc3)c2-c2ccccc2)cc1. The molecule has 5 aromatic rings. The number of carbonyl (C=O) groups is 2. The van der Waals surface area contributed by atoms with E-state index in [2.05, 4.69) is 46.0 Å². The van der Waals surface area contributed by atoms with Crippen molar-refractivity contribution in [1.29, 1.82) is 0 Å². The summed E-state index contributed by atoms with van der Waals surface area (Å²) in [5.74, 6) is -0.233. The number of hydrogen-bond acceptors (Lipinski definition) is 7. The van der Waals surface area contributed by atoms with E-state index in [4.69, 9.17) is 18.3 Å². The molecule has 1 amide bonds. The van der Waals surface area contributed by atoms with E-state index in [1.54, 1.807) is 6.92 Å². The van der Waals surface area contributed by atoms with Crippen LogP contribution in [0, 0.1) is 13.8 Å². The fraction of sp³-hybridized carbons (Fsp3) is 0.270. The lowest BCUT2D eigenvalue weighted by Crippen LogP contribution is -2.92. The maximum atomic E-state index is 14.6. The monoisotopic (exact) mass is 634 g/mol. The Kier molecular flexibility index (Phi) is 8.03. The fourth-order valence-corrected chi connectivity index (χ4v) is 6.83. The summed E-state index contributed by atoms with van der Waals surface area (Å²) in [4.78, 5) is 40.1. The topological polar surface area (TPSA) is 121 Å². The van der Waals surface area contributed by atoms with Gasteiger partial charge in [0.25, 0.3) is 5.91 Å². The molecule has 1 spiro atoms. The molecule has 2 unspecified atom stereocenters. The van der Waals surface area contributed by atoms with Crippen LogP contribution < -0.4 is 15.9 Å². The van der Waals surface area contributed by atoms with Crippen molar-refractivity contribution in [2.24, 2.45) is 0 Å². The number of piperazine rings is 1. The summed E-state index contributed by atoms with van der Waals surface area (Å²) in [6.07, 6.45) is 0.879. The van der Waals surface area contributed by atoms with Crippen LogP contribution in [0.4, 0.5) is 0 Å². The molecule has 240 valence electrons. The molecule has 1 aliphatic carbocycles. The van der Waals surface area contributed by atoms with Crippen LogP contribution in [0.1, 0.15) is 45.5 Å². The molecular weight excluding hydrogens is 598 g/mol. The average Bonchev–Trinajstić information content (AvgIpc) is 3.53. The van der Waals surface area contributed by atoms with E-state index in [1.807, 2.05) is 66.7 Å². The first-order valence-electron chi connectivity index (χ1n) is 15.8. The highest BCUT2D eigenvalue weighted by molar-refractivity contribution is 6.02. The second-order valence-corrected chi connectivity index (χ2v) is 12.1. The predicted molar refractivity (Wildman–Crippen MR) is 172 cm³/mol. The number of carbonyl (C=O) groups excluding carboxylic acids is 2. The second kappa shape index (κ2) is 12.4. The highest BCUT2D eigenvalue weighted by Gasteiger charge is 2.63. The van der Waals surface area contributed by atoms with E-state index in [-0.39, 0.29) is 42.1 Å². The van der Waals surface area contributed by atoms with E-state index in [9.17, 15) is 14.4 Å². The maximum Gasteiger partial charge on any atom is 0.519 e. The maximum absolute atomic E-state index is 14.6. The molecule has 2 atom stereocenters. The van der Waals surface area contributed by atoms with Crippen LogP contribution in [0.5, 0.6) is 5.75 Å². The first-order chi connectivity index (χ1) is 22.8. The standard InChI is InChI=1S/C37H35N3O7/c1-24-19-30(34(27-9-5-3-6-10-27)40(24)28-11-7-4-8-12-28)35(42)39-18-17-38-23-37(39)20-31(37)26-13-15-29(16-14-26)44-22-33(41)45-21-32-25(2)46-36(43)47-32/h3-16,19,31,38H,17-18,20-23H2,1-2H3/p+1. The zero-order valence-corrected chi connectivity index (χ0v) is 26.3. The van der Waals surface area contributed by atoms with Gasteiger partial charge in [0.05, 0.1) is 36.4 Å². The molecule has 1 aliphatic heterocycles. The number of rotatable bonds is 9. The number of quaternary nitrogens is 1. The number of amides is 1. The zero-order chi connectivity index (χ0) is 32.5. The number of ether oxygens (including phenoxy) is 2. The van der Waals surface area contributed by atoms with Crippen LogP contribution in [-0.2, 0) is 16.1 Å². The van der Waals surface area contributed by atoms with Gasteiger partial charge < -0.3 is 33.1 Å². The molecule has 3 heterocycles. The summed E-state index contributed by atoms with van der Waals surface area (Å²) in [7, 11) is 0. The molecule has 3 aromatic carbocycles. The Morgan fingerprint density at radius 3 is 2.38 bits per heavy atom. The summed E-state index contributed by atoms with van der Waals surface area (Å²) < 4.78 is 22.6. The van der Waals surface area contributed by atoms with Gasteiger partial charge in [-0.3, -0.25) is 4.79 Å². The van der Waals surface area contributed by atoms with Crippen molar-refractivity contribution >= 4 is 11.9 Å². The van der Waals surface area contributed by atoms with Gasteiger partial charge in [-0.05, 0) is 61.7 Å². The summed E-state index contributed by atoms with van der Waals surface area (Å²) in [5, 5.41) is 2.31. The summed E-state index contributed by atoms with van der Waals surface area (Å²) >= 11 is 0. The number of nitrogens with zero attached hydrogens (tertiary/aromatic N) is 2. The normalized spacial score (nSPS) is 18.7. The molecular formula is C37H36N3O7+. The molecule has 7 rings (SSSR count). The first-order valence-corrected chi connectivity index (χ1v) is 15.8. The van der Waals surface area contributed by atoms with E-state index >= 15 is 0 Å². The van der Waals surface area contributed by atoms with Crippen LogP contribution in [0.2, 0.25) is 0 Å². The lowest BCUT2D eigenvalue weighted by molar-refractivity contribution is -0.670. The van der Waals surface area contributed by atoms with E-state index in [0.717, 1.165) is 47.7 Å². The van der Waals surface area contributed by atoms with Crippen LogP contribution in [0.25, 0.3) is 16.9 Å². The second-order valence-electron chi connectivity index (χ2n) is 12.1. The Labute approximate surface area is 271 Å². The Morgan fingerprint density at radius 2 is 1.68 bits per heavy atom. The highest BCUT2D eigenvalue weighted by atomic mass is 16.6. The average molecular weight is 635 g/mol. The molecule has 10 heteroatoms. The predicted octanol–water partition coefficient (Wildman–Crippen LogP) is 4.38. The fourth-order valence-electron chi connectivity index (χ4n) is 6.83. The van der Waals surface area contributed by atoms with Crippen LogP contribution in [-0.4, -0.2) is 53.1 Å². The zero-order valence-electron chi connectivity index (χ0n) is 26.3. The highest BCUT2D eigenvalue weighted by Crippen LogP contribution is 2.56. The molecule has 2 N–H and O–H groups in total. The lowest BCUT2D eigenvalue weighted by atomic mass is 10.0. The number of benzene rings is 3. The van der Waals surface area contributed by atoms with Crippen LogP contribution in [0.15, 0.2) is 105 Å². The smallest absolute Gasteiger partial charge is 0.482 e. The Bertz CT molecular complexity index is 1960. The van der Waals surface area contributed by atoms with Gasteiger partial charge in [-0.25, -0.2) is 9.59 Å². The molecule has 0 radical (unpaired) electrons. The van der Waals surface area contributed by atoms with E-state index in [1.165, 1.54) is 0 Å². The van der Waals surface area contributed by atoms with Gasteiger partial charge in [0.15, 0.2) is 24.7 Å². The van der Waals surface area contributed by atoms with Gasteiger partial charge in [0.1, 0.15) is 5.75 Å². The summed E-state index contributed by atoms with van der Waals surface area (Å²) in [6.45, 7) is 5.47. The van der Waals surface area contributed by atoms with Crippen molar-refractivity contribution in [2.45, 2.75) is 38.3 Å². The van der Waals surface area contributed by atoms with Gasteiger partial charge >= 0.3 is 11.8 Å². The number of hydrogen-bond donors (Lipinski definition) is 1. The summed E-state index contributed by atoms with van der Waals surface area (Å²) in [5.41, 5.74) is 5.49. The molecule has 1 saturated heterocycles. The molecule has 2 aliphatic rings. The van der Waals surface area contributed by atoms with Crippen molar-refractivity contribution in [1.82, 2.24) is 9.47 Å². The minimum Gasteiger partial charge on any atom is -0.482 e. The van der Waals surface area contributed by atoms with Crippen molar-refractivity contribution < 1.29 is 33.2 Å². The molecule has 2 fully saturated rings. The Balaban J connectivity index is 1.08. The van der Waals surface area contributed by atoms with Crippen molar-refractivity contribution in [3.63, 3.8) is 0 Å².